The average Bonchev–Trinajstić information content (AvgIpc) is 3.06. The van der Waals surface area contributed by atoms with Crippen molar-refractivity contribution in [3.05, 3.63) is 154 Å². The van der Waals surface area contributed by atoms with Gasteiger partial charge in [0.15, 0.2) is 5.69 Å². The Labute approximate surface area is 257 Å². The van der Waals surface area contributed by atoms with Gasteiger partial charge in [0.25, 0.3) is 0 Å². The minimum Gasteiger partial charge on any atom is -0.508 e. The molecule has 5 rings (SSSR count). The van der Waals surface area contributed by atoms with E-state index >= 15 is 0 Å². The van der Waals surface area contributed by atoms with Gasteiger partial charge in [0.05, 0.1) is 29.8 Å². The number of nitriles is 2. The molecule has 216 valence electrons. The van der Waals surface area contributed by atoms with Gasteiger partial charge in [-0.15, -0.1) is 0 Å². The van der Waals surface area contributed by atoms with Gasteiger partial charge < -0.3 is 19.3 Å². The third-order valence-corrected chi connectivity index (χ3v) is 6.61. The van der Waals surface area contributed by atoms with Crippen LogP contribution in [0.2, 0.25) is 0 Å². The van der Waals surface area contributed by atoms with E-state index in [0.717, 1.165) is 22.3 Å². The van der Waals surface area contributed by atoms with Gasteiger partial charge in [0, 0.05) is 0 Å². The van der Waals surface area contributed by atoms with E-state index in [1.165, 1.54) is 0 Å². The van der Waals surface area contributed by atoms with Gasteiger partial charge >= 0.3 is 0 Å². The van der Waals surface area contributed by atoms with Crippen molar-refractivity contribution in [2.75, 3.05) is 0 Å². The number of aromatic hydroxyl groups is 1. The molecule has 0 saturated heterocycles. The molecule has 0 aliphatic carbocycles. The third kappa shape index (κ3) is 8.88. The molecule has 0 saturated carbocycles. The Balaban J connectivity index is 0.000000215. The van der Waals surface area contributed by atoms with Crippen LogP contribution in [0.25, 0.3) is 4.85 Å². The molecule has 0 heterocycles. The summed E-state index contributed by atoms with van der Waals surface area (Å²) in [4.78, 5) is 3.37. The summed E-state index contributed by atoms with van der Waals surface area (Å²) in [7, 11) is 0. The minimum atomic E-state index is 0.235. The number of aryl methyl sites for hydroxylation is 2. The largest absolute Gasteiger partial charge is 0.508 e. The summed E-state index contributed by atoms with van der Waals surface area (Å²) in [6.45, 7) is 11.8. The predicted octanol–water partition coefficient (Wildman–Crippen LogP) is 8.94. The topological polar surface area (TPSA) is 99.9 Å². The zero-order valence-electron chi connectivity index (χ0n) is 24.3. The molecule has 0 amide bonds. The molecule has 0 aliphatic heterocycles. The molecule has 0 aliphatic rings. The maximum absolute atomic E-state index is 9.41. The Morgan fingerprint density at radius 2 is 1.07 bits per heavy atom. The Hall–Kier alpha value is -6.23. The Kier molecular flexibility index (Phi) is 10.6. The van der Waals surface area contributed by atoms with Gasteiger partial charge in [-0.25, -0.2) is 4.85 Å². The van der Waals surface area contributed by atoms with Gasteiger partial charge in [-0.1, -0.05) is 24.3 Å². The fraction of sp³-hybridized carbons (Fsp3) is 0.108. The lowest BCUT2D eigenvalue weighted by molar-refractivity contribution is 0.304. The molecular weight excluding hydrogens is 550 g/mol. The van der Waals surface area contributed by atoms with Crippen molar-refractivity contribution < 1.29 is 19.3 Å². The summed E-state index contributed by atoms with van der Waals surface area (Å²) in [6.07, 6.45) is 0. The van der Waals surface area contributed by atoms with E-state index in [9.17, 15) is 5.11 Å². The standard InChI is InChI=1S/C22H16N2O2.C15H13NO2/c1-16-3-8-22(26-21-11-6-19(24-2)7-12-21)13-18(16)15-25-20-9-4-17(14-23)5-10-20;1-11-2-5-14(17)8-13(11)10-18-15-6-3-12(9-16)4-7-15/h3-13H,15H2,1H3;2-8,17H,10H2,1H3. The average molecular weight is 580 g/mol. The van der Waals surface area contributed by atoms with Crippen LogP contribution >= 0.6 is 0 Å². The number of hydrogen-bond donors (Lipinski definition) is 1. The lowest BCUT2D eigenvalue weighted by atomic mass is 10.1. The second kappa shape index (κ2) is 15.1. The van der Waals surface area contributed by atoms with E-state index in [1.807, 2.05) is 38.1 Å². The molecule has 0 aromatic heterocycles. The van der Waals surface area contributed by atoms with E-state index in [2.05, 4.69) is 17.0 Å². The van der Waals surface area contributed by atoms with Crippen LogP contribution in [-0.2, 0) is 13.2 Å². The fourth-order valence-electron chi connectivity index (χ4n) is 3.98. The Morgan fingerprint density at radius 3 is 1.57 bits per heavy atom. The molecule has 0 bridgehead atoms. The highest BCUT2D eigenvalue weighted by Gasteiger charge is 2.05. The maximum Gasteiger partial charge on any atom is 0.187 e. The van der Waals surface area contributed by atoms with E-state index in [-0.39, 0.29) is 5.75 Å². The molecule has 5 aromatic rings. The van der Waals surface area contributed by atoms with Gasteiger partial charge in [-0.2, -0.15) is 10.5 Å². The fourth-order valence-corrected chi connectivity index (χ4v) is 3.98. The molecule has 0 fully saturated rings. The van der Waals surface area contributed by atoms with Gasteiger partial charge in [0.2, 0.25) is 0 Å². The predicted molar refractivity (Wildman–Crippen MR) is 168 cm³/mol. The van der Waals surface area contributed by atoms with E-state index < -0.39 is 0 Å². The van der Waals surface area contributed by atoms with Crippen LogP contribution in [0.1, 0.15) is 33.4 Å². The first-order valence-corrected chi connectivity index (χ1v) is 13.7. The van der Waals surface area contributed by atoms with E-state index in [1.54, 1.807) is 84.9 Å². The first-order chi connectivity index (χ1) is 21.4. The molecule has 0 unspecified atom stereocenters. The van der Waals surface area contributed by atoms with Crippen molar-refractivity contribution in [2.24, 2.45) is 0 Å². The van der Waals surface area contributed by atoms with Gasteiger partial charge in [-0.3, -0.25) is 0 Å². The van der Waals surface area contributed by atoms with Crippen molar-refractivity contribution >= 4 is 5.69 Å². The Morgan fingerprint density at radius 1 is 0.614 bits per heavy atom. The van der Waals surface area contributed by atoms with Crippen LogP contribution in [-0.4, -0.2) is 5.11 Å². The summed E-state index contributed by atoms with van der Waals surface area (Å²) < 4.78 is 17.3. The number of benzene rings is 5. The lowest BCUT2D eigenvalue weighted by Gasteiger charge is -2.12. The number of phenols is 1. The molecule has 44 heavy (non-hydrogen) atoms. The van der Waals surface area contributed by atoms with Crippen molar-refractivity contribution in [1.29, 1.82) is 10.5 Å². The molecule has 7 heteroatoms. The molecule has 7 nitrogen and oxygen atoms in total. The highest BCUT2D eigenvalue weighted by Crippen LogP contribution is 2.27. The maximum atomic E-state index is 9.41. The number of rotatable bonds is 8. The van der Waals surface area contributed by atoms with Crippen molar-refractivity contribution in [3.63, 3.8) is 0 Å². The Bertz CT molecular complexity index is 1830. The van der Waals surface area contributed by atoms with E-state index in [4.69, 9.17) is 31.3 Å². The highest BCUT2D eigenvalue weighted by atomic mass is 16.5. The van der Waals surface area contributed by atoms with Gasteiger partial charge in [-0.05, 0) is 121 Å². The minimum absolute atomic E-state index is 0.235. The monoisotopic (exact) mass is 579 g/mol. The second-order valence-electron chi connectivity index (χ2n) is 9.76. The zero-order chi connectivity index (χ0) is 31.3. The van der Waals surface area contributed by atoms with Crippen LogP contribution in [0.15, 0.2) is 109 Å². The van der Waals surface area contributed by atoms with Crippen molar-refractivity contribution in [2.45, 2.75) is 27.1 Å². The molecule has 5 aromatic carbocycles. The molecule has 1 N–H and O–H groups in total. The molecule has 0 radical (unpaired) electrons. The van der Waals surface area contributed by atoms with Crippen molar-refractivity contribution in [1.82, 2.24) is 0 Å². The number of phenolic OH excluding ortho intramolecular Hbond substituents is 1. The van der Waals surface area contributed by atoms with Crippen LogP contribution in [0.4, 0.5) is 5.69 Å². The molecular formula is C37H29N3O4. The molecule has 0 spiro atoms. The van der Waals surface area contributed by atoms with E-state index in [0.29, 0.717) is 53.0 Å². The smallest absolute Gasteiger partial charge is 0.187 e. The number of hydrogen-bond acceptors (Lipinski definition) is 6. The molecule has 0 atom stereocenters. The van der Waals surface area contributed by atoms with Gasteiger partial charge in [0.1, 0.15) is 42.0 Å². The van der Waals surface area contributed by atoms with Crippen LogP contribution in [0, 0.1) is 43.1 Å². The van der Waals surface area contributed by atoms with Crippen molar-refractivity contribution in [3.8, 4) is 40.9 Å². The summed E-state index contributed by atoms with van der Waals surface area (Å²) in [5, 5.41) is 26.9. The third-order valence-electron chi connectivity index (χ3n) is 6.61. The number of ether oxygens (including phenoxy) is 3. The first-order valence-electron chi connectivity index (χ1n) is 13.7. The SMILES string of the molecule is Cc1ccc(O)cc1COc1ccc(C#N)cc1.[C-]#[N+]c1ccc(Oc2ccc(C)c(COc3ccc(C#N)cc3)c2)cc1. The second-order valence-corrected chi connectivity index (χ2v) is 9.76. The number of nitrogens with zero attached hydrogens (tertiary/aromatic N) is 3. The summed E-state index contributed by atoms with van der Waals surface area (Å²) >= 11 is 0. The quantitative estimate of drug-likeness (QED) is 0.184. The summed E-state index contributed by atoms with van der Waals surface area (Å²) in [5.41, 5.74) is 5.93. The van der Waals surface area contributed by atoms with Crippen LogP contribution in [0.5, 0.6) is 28.7 Å². The van der Waals surface area contributed by atoms with Crippen LogP contribution < -0.4 is 14.2 Å². The van der Waals surface area contributed by atoms with Crippen LogP contribution in [0.3, 0.4) is 0 Å². The summed E-state index contributed by atoms with van der Waals surface area (Å²) in [5.74, 6) is 3.05. The lowest BCUT2D eigenvalue weighted by Crippen LogP contribution is -1.98. The normalized spacial score (nSPS) is 9.80. The highest BCUT2D eigenvalue weighted by molar-refractivity contribution is 5.48. The summed E-state index contributed by atoms with van der Waals surface area (Å²) in [6, 6.07) is 36.2. The zero-order valence-corrected chi connectivity index (χ0v) is 24.3. The first kappa shape index (κ1) is 30.7.